The van der Waals surface area contributed by atoms with Gasteiger partial charge in [0.2, 0.25) is 0 Å². The zero-order chi connectivity index (χ0) is 15.0. The molecule has 2 fully saturated rings. The van der Waals surface area contributed by atoms with Crippen LogP contribution in [-0.4, -0.2) is 36.5 Å². The van der Waals surface area contributed by atoms with Gasteiger partial charge in [-0.3, -0.25) is 0 Å². The van der Waals surface area contributed by atoms with E-state index < -0.39 is 6.29 Å². The van der Waals surface area contributed by atoms with Crippen molar-refractivity contribution in [3.63, 3.8) is 0 Å². The molecule has 0 amide bonds. The summed E-state index contributed by atoms with van der Waals surface area (Å²) in [6.45, 7) is 13.5. The maximum absolute atomic E-state index is 9.98. The summed E-state index contributed by atoms with van der Waals surface area (Å²) in [5, 5.41) is 9.98. The van der Waals surface area contributed by atoms with Gasteiger partial charge < -0.3 is 19.3 Å². The molecule has 0 aromatic carbocycles. The molecule has 9 atom stereocenters. The molecular weight excluding hydrogens is 256 g/mol. The third kappa shape index (κ3) is 3.03. The minimum atomic E-state index is -0.749. The Morgan fingerprint density at radius 3 is 2.20 bits per heavy atom. The van der Waals surface area contributed by atoms with E-state index in [2.05, 4.69) is 27.7 Å². The maximum Gasteiger partial charge on any atom is 0.160 e. The maximum atomic E-state index is 9.98. The van der Waals surface area contributed by atoms with Crippen molar-refractivity contribution >= 4 is 0 Å². The van der Waals surface area contributed by atoms with Crippen molar-refractivity contribution in [1.82, 2.24) is 0 Å². The third-order valence-corrected chi connectivity index (χ3v) is 5.55. The second-order valence-corrected chi connectivity index (χ2v) is 6.95. The molecule has 0 radical (unpaired) electrons. The van der Waals surface area contributed by atoms with Gasteiger partial charge in [0.05, 0.1) is 18.8 Å². The Morgan fingerprint density at radius 2 is 1.55 bits per heavy atom. The number of hydrogen-bond acceptors (Lipinski definition) is 4. The van der Waals surface area contributed by atoms with E-state index in [4.69, 9.17) is 14.2 Å². The van der Waals surface area contributed by atoms with Gasteiger partial charge in [0.15, 0.2) is 12.6 Å². The highest BCUT2D eigenvalue weighted by Gasteiger charge is 2.43. The first-order valence-electron chi connectivity index (χ1n) is 7.93. The first-order valence-corrected chi connectivity index (χ1v) is 7.93. The fraction of sp³-hybridized carbons (Fsp3) is 1.00. The van der Waals surface area contributed by atoms with E-state index >= 15 is 0 Å². The summed E-state index contributed by atoms with van der Waals surface area (Å²) < 4.78 is 17.7. The molecule has 2 saturated heterocycles. The molecule has 118 valence electrons. The Bertz CT molecular complexity index is 308. The first-order chi connectivity index (χ1) is 9.32. The molecule has 4 heteroatoms. The molecule has 0 saturated carbocycles. The van der Waals surface area contributed by atoms with Crippen LogP contribution in [0.25, 0.3) is 0 Å². The van der Waals surface area contributed by atoms with Crippen molar-refractivity contribution in [2.24, 2.45) is 29.6 Å². The average molecular weight is 286 g/mol. The summed E-state index contributed by atoms with van der Waals surface area (Å²) in [6.07, 6.45) is -0.946. The van der Waals surface area contributed by atoms with Gasteiger partial charge in [0.25, 0.3) is 0 Å². The SMILES string of the molecule is CC1[C@@H](O[C@@H]2C(C)C(O)OC(C)[C@H]2C)OC[C@@H](C)[C@@H]1C. The van der Waals surface area contributed by atoms with E-state index in [0.717, 1.165) is 6.61 Å². The molecule has 2 aliphatic rings. The third-order valence-electron chi connectivity index (χ3n) is 5.55. The molecule has 0 aromatic rings. The quantitative estimate of drug-likeness (QED) is 0.848. The summed E-state index contributed by atoms with van der Waals surface area (Å²) in [6, 6.07) is 0. The molecule has 4 unspecified atom stereocenters. The topological polar surface area (TPSA) is 47.9 Å². The molecule has 2 aliphatic heterocycles. The molecule has 1 N–H and O–H groups in total. The normalized spacial score (nSPS) is 53.9. The lowest BCUT2D eigenvalue weighted by Crippen LogP contribution is -2.52. The first kappa shape index (κ1) is 16.2. The van der Waals surface area contributed by atoms with E-state index in [9.17, 15) is 5.11 Å². The van der Waals surface area contributed by atoms with Crippen LogP contribution in [0.2, 0.25) is 0 Å². The van der Waals surface area contributed by atoms with Crippen LogP contribution in [-0.2, 0) is 14.2 Å². The molecule has 0 aromatic heterocycles. The van der Waals surface area contributed by atoms with Crippen LogP contribution in [0, 0.1) is 29.6 Å². The van der Waals surface area contributed by atoms with Crippen LogP contribution >= 0.6 is 0 Å². The van der Waals surface area contributed by atoms with E-state index in [1.807, 2.05) is 13.8 Å². The van der Waals surface area contributed by atoms with Crippen molar-refractivity contribution in [2.75, 3.05) is 6.61 Å². The monoisotopic (exact) mass is 286 g/mol. The van der Waals surface area contributed by atoms with Crippen molar-refractivity contribution in [3.8, 4) is 0 Å². The van der Waals surface area contributed by atoms with Crippen LogP contribution in [0.4, 0.5) is 0 Å². The number of ether oxygens (including phenoxy) is 3. The van der Waals surface area contributed by atoms with Gasteiger partial charge in [-0.05, 0) is 18.8 Å². The Kier molecular flexibility index (Phi) is 5.11. The Hall–Kier alpha value is -0.160. The van der Waals surface area contributed by atoms with Gasteiger partial charge in [0, 0.05) is 17.8 Å². The molecule has 0 bridgehead atoms. The Labute approximate surface area is 122 Å². The Balaban J connectivity index is 2.04. The largest absolute Gasteiger partial charge is 0.368 e. The fourth-order valence-electron chi connectivity index (χ4n) is 3.26. The van der Waals surface area contributed by atoms with E-state index in [-0.39, 0.29) is 30.3 Å². The number of rotatable bonds is 2. The van der Waals surface area contributed by atoms with Gasteiger partial charge in [-0.1, -0.05) is 34.6 Å². The van der Waals surface area contributed by atoms with E-state index in [1.165, 1.54) is 0 Å². The Morgan fingerprint density at radius 1 is 0.900 bits per heavy atom. The average Bonchev–Trinajstić information content (AvgIpc) is 2.41. The number of aliphatic hydroxyl groups is 1. The molecule has 0 spiro atoms. The molecule has 2 rings (SSSR count). The lowest BCUT2D eigenvalue weighted by Gasteiger charge is -2.46. The predicted octanol–water partition coefficient (Wildman–Crippen LogP) is 2.65. The minimum absolute atomic E-state index is 0.00134. The van der Waals surface area contributed by atoms with Crippen LogP contribution in [0.5, 0.6) is 0 Å². The number of aliphatic hydroxyl groups excluding tert-OH is 1. The standard InChI is InChI=1S/C16H30O4/c1-8-7-18-16(10(3)9(8)2)20-14-11(4)13(6)19-15(17)12(14)5/h8-17H,7H2,1-6H3/t8-,9+,10?,11-,12?,13?,14+,15?,16-/m1/s1. The summed E-state index contributed by atoms with van der Waals surface area (Å²) in [5.41, 5.74) is 0. The lowest BCUT2D eigenvalue weighted by atomic mass is 9.82. The smallest absolute Gasteiger partial charge is 0.160 e. The van der Waals surface area contributed by atoms with Gasteiger partial charge in [-0.2, -0.15) is 0 Å². The van der Waals surface area contributed by atoms with Crippen LogP contribution in [0.1, 0.15) is 41.5 Å². The highest BCUT2D eigenvalue weighted by atomic mass is 16.7. The van der Waals surface area contributed by atoms with Crippen LogP contribution < -0.4 is 0 Å². The molecule has 20 heavy (non-hydrogen) atoms. The van der Waals surface area contributed by atoms with Crippen molar-refractivity contribution in [3.05, 3.63) is 0 Å². The summed E-state index contributed by atoms with van der Waals surface area (Å²) in [7, 11) is 0. The highest BCUT2D eigenvalue weighted by molar-refractivity contribution is 4.85. The second kappa shape index (κ2) is 6.30. The van der Waals surface area contributed by atoms with Crippen molar-refractivity contribution < 1.29 is 19.3 Å². The predicted molar refractivity (Wildman–Crippen MR) is 77.0 cm³/mol. The second-order valence-electron chi connectivity index (χ2n) is 6.95. The molecular formula is C16H30O4. The minimum Gasteiger partial charge on any atom is -0.368 e. The fourth-order valence-corrected chi connectivity index (χ4v) is 3.26. The van der Waals surface area contributed by atoms with Crippen LogP contribution in [0.15, 0.2) is 0 Å². The zero-order valence-corrected chi connectivity index (χ0v) is 13.6. The van der Waals surface area contributed by atoms with Gasteiger partial charge in [-0.15, -0.1) is 0 Å². The van der Waals surface area contributed by atoms with E-state index in [0.29, 0.717) is 17.8 Å². The zero-order valence-electron chi connectivity index (χ0n) is 13.6. The summed E-state index contributed by atoms with van der Waals surface area (Å²) in [5.74, 6) is 1.74. The van der Waals surface area contributed by atoms with Gasteiger partial charge >= 0.3 is 0 Å². The van der Waals surface area contributed by atoms with Crippen molar-refractivity contribution in [2.45, 2.75) is 66.3 Å². The van der Waals surface area contributed by atoms with Crippen molar-refractivity contribution in [1.29, 1.82) is 0 Å². The van der Waals surface area contributed by atoms with Crippen LogP contribution in [0.3, 0.4) is 0 Å². The molecule has 0 aliphatic carbocycles. The summed E-state index contributed by atoms with van der Waals surface area (Å²) >= 11 is 0. The molecule has 4 nitrogen and oxygen atoms in total. The van der Waals surface area contributed by atoms with E-state index in [1.54, 1.807) is 0 Å². The summed E-state index contributed by atoms with van der Waals surface area (Å²) in [4.78, 5) is 0. The lowest BCUT2D eigenvalue weighted by molar-refractivity contribution is -0.300. The van der Waals surface area contributed by atoms with Gasteiger partial charge in [-0.25, -0.2) is 0 Å². The highest BCUT2D eigenvalue weighted by Crippen LogP contribution is 2.37. The number of hydrogen-bond donors (Lipinski definition) is 1. The van der Waals surface area contributed by atoms with Gasteiger partial charge in [0.1, 0.15) is 0 Å². The molecule has 2 heterocycles.